The van der Waals surface area contributed by atoms with Gasteiger partial charge in [-0.2, -0.15) is 0 Å². The maximum Gasteiger partial charge on any atom is 0.328 e. The van der Waals surface area contributed by atoms with Crippen LogP contribution in [0, 0.1) is 5.82 Å². The summed E-state index contributed by atoms with van der Waals surface area (Å²) in [5.74, 6) is -1.46. The van der Waals surface area contributed by atoms with Crippen molar-refractivity contribution in [3.63, 3.8) is 0 Å². The van der Waals surface area contributed by atoms with Gasteiger partial charge in [0.25, 0.3) is 0 Å². The molecule has 2 aromatic carbocycles. The second-order valence-corrected chi connectivity index (χ2v) is 4.45. The molecule has 108 valence electrons. The Morgan fingerprint density at radius 2 is 1.95 bits per heavy atom. The minimum Gasteiger partial charge on any atom is -0.478 e. The second kappa shape index (κ2) is 6.70. The van der Waals surface area contributed by atoms with Gasteiger partial charge in [-0.3, -0.25) is 0 Å². The summed E-state index contributed by atoms with van der Waals surface area (Å²) in [5, 5.41) is 8.75. The number of hydrogen-bond acceptors (Lipinski definition) is 2. The summed E-state index contributed by atoms with van der Waals surface area (Å²) in [7, 11) is 0. The number of nitrogens with zero attached hydrogens (tertiary/aromatic N) is 1. The van der Waals surface area contributed by atoms with Gasteiger partial charge in [0.05, 0.1) is 0 Å². The Hall–Kier alpha value is -2.62. The van der Waals surface area contributed by atoms with Gasteiger partial charge < -0.3 is 10.0 Å². The van der Waals surface area contributed by atoms with Crippen LogP contribution in [0.2, 0.25) is 0 Å². The van der Waals surface area contributed by atoms with Crippen molar-refractivity contribution in [1.29, 1.82) is 0 Å². The Morgan fingerprint density at radius 3 is 2.57 bits per heavy atom. The normalized spacial score (nSPS) is 10.8. The number of para-hydroxylation sites is 1. The standard InChI is InChI=1S/C17H16FNO2/c1-2-19(15-6-4-3-5-7-15)16-10-9-14(18)12-13(16)8-11-17(20)21/h3-12H,2H2,1H3,(H,20,21)/b11-8+. The van der Waals surface area contributed by atoms with Crippen molar-refractivity contribution < 1.29 is 14.3 Å². The molecule has 2 aromatic rings. The molecule has 0 aliphatic carbocycles. The highest BCUT2D eigenvalue weighted by molar-refractivity contribution is 5.87. The first-order valence-corrected chi connectivity index (χ1v) is 6.65. The van der Waals surface area contributed by atoms with Gasteiger partial charge in [-0.15, -0.1) is 0 Å². The Bertz CT molecular complexity index is 653. The lowest BCUT2D eigenvalue weighted by atomic mass is 10.1. The molecule has 3 nitrogen and oxygen atoms in total. The van der Waals surface area contributed by atoms with Crippen LogP contribution >= 0.6 is 0 Å². The average molecular weight is 285 g/mol. The second-order valence-electron chi connectivity index (χ2n) is 4.45. The van der Waals surface area contributed by atoms with Crippen LogP contribution in [0.5, 0.6) is 0 Å². The van der Waals surface area contributed by atoms with Crippen LogP contribution in [0.3, 0.4) is 0 Å². The predicted molar refractivity (Wildman–Crippen MR) is 82.2 cm³/mol. The van der Waals surface area contributed by atoms with Gasteiger partial charge >= 0.3 is 5.97 Å². The molecule has 21 heavy (non-hydrogen) atoms. The summed E-state index contributed by atoms with van der Waals surface area (Å²) in [4.78, 5) is 12.7. The van der Waals surface area contributed by atoms with Gasteiger partial charge in [-0.1, -0.05) is 18.2 Å². The largest absolute Gasteiger partial charge is 0.478 e. The average Bonchev–Trinajstić information content (AvgIpc) is 2.48. The molecule has 0 unspecified atom stereocenters. The highest BCUT2D eigenvalue weighted by atomic mass is 19.1. The van der Waals surface area contributed by atoms with Gasteiger partial charge in [-0.25, -0.2) is 9.18 Å². The quantitative estimate of drug-likeness (QED) is 0.841. The topological polar surface area (TPSA) is 40.5 Å². The van der Waals surface area contributed by atoms with E-state index in [1.165, 1.54) is 18.2 Å². The molecule has 0 spiro atoms. The maximum atomic E-state index is 13.4. The zero-order chi connectivity index (χ0) is 15.2. The van der Waals surface area contributed by atoms with E-state index in [1.807, 2.05) is 42.2 Å². The Balaban J connectivity index is 2.48. The highest BCUT2D eigenvalue weighted by Crippen LogP contribution is 2.29. The third kappa shape index (κ3) is 3.69. The number of carboxylic acids is 1. The number of carbonyl (C=O) groups is 1. The van der Waals surface area contributed by atoms with Crippen molar-refractivity contribution in [3.8, 4) is 0 Å². The molecule has 0 aliphatic heterocycles. The van der Waals surface area contributed by atoms with Crippen molar-refractivity contribution in [3.05, 3.63) is 66.0 Å². The number of halogens is 1. The van der Waals surface area contributed by atoms with Crippen molar-refractivity contribution >= 4 is 23.4 Å². The van der Waals surface area contributed by atoms with E-state index in [0.717, 1.165) is 17.5 Å². The number of carboxylic acid groups (broad SMARTS) is 1. The third-order valence-electron chi connectivity index (χ3n) is 3.07. The number of hydrogen-bond donors (Lipinski definition) is 1. The molecule has 0 saturated carbocycles. The minimum absolute atomic E-state index is 0.395. The first kappa shape index (κ1) is 14.8. The summed E-state index contributed by atoms with van der Waals surface area (Å²) in [6, 6.07) is 14.1. The highest BCUT2D eigenvalue weighted by Gasteiger charge is 2.11. The van der Waals surface area contributed by atoms with Gasteiger partial charge in [-0.05, 0) is 43.3 Å². The predicted octanol–water partition coefficient (Wildman–Crippen LogP) is 4.08. The molecule has 0 amide bonds. The van der Waals surface area contributed by atoms with Crippen LogP contribution in [-0.2, 0) is 4.79 Å². The van der Waals surface area contributed by atoms with E-state index in [0.29, 0.717) is 12.1 Å². The molecular weight excluding hydrogens is 269 g/mol. The SMILES string of the molecule is CCN(c1ccccc1)c1ccc(F)cc1/C=C/C(=O)O. The van der Waals surface area contributed by atoms with Gasteiger partial charge in [0.15, 0.2) is 0 Å². The monoisotopic (exact) mass is 285 g/mol. The fraction of sp³-hybridized carbons (Fsp3) is 0.118. The van der Waals surface area contributed by atoms with E-state index >= 15 is 0 Å². The summed E-state index contributed by atoms with van der Waals surface area (Å²) in [6.07, 6.45) is 2.42. The fourth-order valence-electron chi connectivity index (χ4n) is 2.17. The number of anilines is 2. The Labute approximate surface area is 123 Å². The summed E-state index contributed by atoms with van der Waals surface area (Å²) >= 11 is 0. The zero-order valence-electron chi connectivity index (χ0n) is 11.7. The molecule has 0 aromatic heterocycles. The van der Waals surface area contributed by atoms with Gasteiger partial charge in [0, 0.05) is 29.6 Å². The molecule has 0 aliphatic rings. The molecule has 0 heterocycles. The summed E-state index contributed by atoms with van der Waals surface area (Å²) in [5.41, 5.74) is 2.27. The summed E-state index contributed by atoms with van der Waals surface area (Å²) in [6.45, 7) is 2.67. The van der Waals surface area contributed by atoms with Crippen molar-refractivity contribution in [2.75, 3.05) is 11.4 Å². The lowest BCUT2D eigenvalue weighted by molar-refractivity contribution is -0.131. The van der Waals surface area contributed by atoms with E-state index in [1.54, 1.807) is 6.07 Å². The molecular formula is C17H16FNO2. The summed E-state index contributed by atoms with van der Waals surface area (Å²) < 4.78 is 13.4. The van der Waals surface area contributed by atoms with E-state index in [-0.39, 0.29) is 0 Å². The molecule has 4 heteroatoms. The van der Waals surface area contributed by atoms with E-state index in [4.69, 9.17) is 5.11 Å². The first-order valence-electron chi connectivity index (χ1n) is 6.65. The van der Waals surface area contributed by atoms with Crippen LogP contribution in [0.4, 0.5) is 15.8 Å². The zero-order valence-corrected chi connectivity index (χ0v) is 11.7. The first-order chi connectivity index (χ1) is 10.1. The van der Waals surface area contributed by atoms with Crippen molar-refractivity contribution in [1.82, 2.24) is 0 Å². The molecule has 0 bridgehead atoms. The maximum absolute atomic E-state index is 13.4. The molecule has 0 saturated heterocycles. The number of aliphatic carboxylic acids is 1. The van der Waals surface area contributed by atoms with E-state index < -0.39 is 11.8 Å². The van der Waals surface area contributed by atoms with Crippen LogP contribution in [0.15, 0.2) is 54.6 Å². The fourth-order valence-corrected chi connectivity index (χ4v) is 2.17. The lowest BCUT2D eigenvalue weighted by Gasteiger charge is -2.25. The minimum atomic E-state index is -1.06. The van der Waals surface area contributed by atoms with Crippen LogP contribution in [0.1, 0.15) is 12.5 Å². The third-order valence-corrected chi connectivity index (χ3v) is 3.07. The molecule has 2 rings (SSSR count). The van der Waals surface area contributed by atoms with Crippen molar-refractivity contribution in [2.45, 2.75) is 6.92 Å². The number of benzene rings is 2. The van der Waals surface area contributed by atoms with Crippen LogP contribution < -0.4 is 4.90 Å². The van der Waals surface area contributed by atoms with Crippen LogP contribution in [0.25, 0.3) is 6.08 Å². The molecule has 0 radical (unpaired) electrons. The van der Waals surface area contributed by atoms with E-state index in [2.05, 4.69) is 0 Å². The molecule has 0 atom stereocenters. The lowest BCUT2D eigenvalue weighted by Crippen LogP contribution is -2.17. The van der Waals surface area contributed by atoms with Crippen molar-refractivity contribution in [2.24, 2.45) is 0 Å². The van der Waals surface area contributed by atoms with E-state index in [9.17, 15) is 9.18 Å². The van der Waals surface area contributed by atoms with Gasteiger partial charge in [0.1, 0.15) is 5.82 Å². The number of rotatable bonds is 5. The Morgan fingerprint density at radius 1 is 1.24 bits per heavy atom. The molecule has 1 N–H and O–H groups in total. The smallest absolute Gasteiger partial charge is 0.328 e. The molecule has 0 fully saturated rings. The van der Waals surface area contributed by atoms with Gasteiger partial charge in [0.2, 0.25) is 0 Å². The van der Waals surface area contributed by atoms with Crippen LogP contribution in [-0.4, -0.2) is 17.6 Å². The Kier molecular flexibility index (Phi) is 4.72.